The molecule has 0 spiro atoms. The van der Waals surface area contributed by atoms with Crippen molar-refractivity contribution < 1.29 is 4.79 Å². The van der Waals surface area contributed by atoms with Gasteiger partial charge in [-0.05, 0) is 38.2 Å². The molecule has 0 aliphatic heterocycles. The quantitative estimate of drug-likeness (QED) is 0.241. The van der Waals surface area contributed by atoms with Gasteiger partial charge in [-0.1, -0.05) is 31.6 Å². The zero-order valence-electron chi connectivity index (χ0n) is 8.59. The second kappa shape index (κ2) is 9.24. The van der Waals surface area contributed by atoms with Crippen molar-refractivity contribution in [2.75, 3.05) is 0 Å². The lowest BCUT2D eigenvalue weighted by molar-refractivity contribution is -0.105. The summed E-state index contributed by atoms with van der Waals surface area (Å²) in [5, 5.41) is 0. The number of carbonyl (C=O) groups is 1. The molecular formula is C12H20O. The van der Waals surface area contributed by atoms with Gasteiger partial charge >= 0.3 is 0 Å². The third-order valence-electron chi connectivity index (χ3n) is 2.02. The smallest absolute Gasteiger partial charge is 0.145 e. The van der Waals surface area contributed by atoms with Crippen molar-refractivity contribution in [1.29, 1.82) is 0 Å². The first-order chi connectivity index (χ1) is 6.31. The minimum absolute atomic E-state index is 0.730. The van der Waals surface area contributed by atoms with Crippen LogP contribution in [-0.2, 0) is 4.79 Å². The Morgan fingerprint density at radius 3 is 2.54 bits per heavy atom. The lowest BCUT2D eigenvalue weighted by Crippen LogP contribution is -1.83. The van der Waals surface area contributed by atoms with E-state index in [-0.39, 0.29) is 0 Å². The molecule has 0 heterocycles. The van der Waals surface area contributed by atoms with E-state index in [0.29, 0.717) is 0 Å². The largest absolute Gasteiger partial charge is 0.298 e. The Morgan fingerprint density at radius 1 is 1.23 bits per heavy atom. The van der Waals surface area contributed by atoms with E-state index in [2.05, 4.69) is 18.7 Å². The third-order valence-corrected chi connectivity index (χ3v) is 2.02. The second-order valence-electron chi connectivity index (χ2n) is 3.30. The Kier molecular flexibility index (Phi) is 8.64. The summed E-state index contributed by atoms with van der Waals surface area (Å²) < 4.78 is 0. The zero-order chi connectivity index (χ0) is 9.94. The maximum absolute atomic E-state index is 10.2. The van der Waals surface area contributed by atoms with Crippen LogP contribution in [0.5, 0.6) is 0 Å². The fraction of sp³-hybridized carbons (Fsp3) is 0.583. The molecule has 0 aromatic heterocycles. The van der Waals surface area contributed by atoms with E-state index in [1.165, 1.54) is 25.7 Å². The molecule has 1 heteroatoms. The highest BCUT2D eigenvalue weighted by Gasteiger charge is 1.92. The minimum Gasteiger partial charge on any atom is -0.298 e. The van der Waals surface area contributed by atoms with Gasteiger partial charge in [0.05, 0.1) is 0 Å². The van der Waals surface area contributed by atoms with E-state index < -0.39 is 0 Å². The van der Waals surface area contributed by atoms with Crippen molar-refractivity contribution >= 4 is 6.29 Å². The molecule has 0 fully saturated rings. The molecule has 0 rings (SSSR count). The number of allylic oxidation sites excluding steroid dienone is 3. The summed E-state index contributed by atoms with van der Waals surface area (Å²) in [7, 11) is 0. The van der Waals surface area contributed by atoms with Gasteiger partial charge in [0, 0.05) is 0 Å². The van der Waals surface area contributed by atoms with Gasteiger partial charge in [-0.25, -0.2) is 0 Å². The zero-order valence-corrected chi connectivity index (χ0v) is 8.59. The minimum atomic E-state index is 0.730. The van der Waals surface area contributed by atoms with Crippen molar-refractivity contribution in [3.8, 4) is 0 Å². The number of unbranched alkanes of at least 4 members (excludes halogenated alkanes) is 4. The van der Waals surface area contributed by atoms with Gasteiger partial charge in [-0.2, -0.15) is 0 Å². The molecule has 0 saturated heterocycles. The molecule has 0 amide bonds. The molecule has 0 aliphatic carbocycles. The Hall–Kier alpha value is -0.850. The lowest BCUT2D eigenvalue weighted by Gasteiger charge is -1.98. The number of hydrogen-bond acceptors (Lipinski definition) is 1. The summed E-state index contributed by atoms with van der Waals surface area (Å²) >= 11 is 0. The van der Waals surface area contributed by atoms with Crippen LogP contribution in [0.25, 0.3) is 0 Å². The standard InChI is InChI=1S/C12H20O/c1-3-4-5-6-7-8-9-10-12(2)11-13/h3-4,11H,2,5-10H2,1H3. The van der Waals surface area contributed by atoms with E-state index in [9.17, 15) is 4.79 Å². The van der Waals surface area contributed by atoms with E-state index in [0.717, 1.165) is 24.7 Å². The number of aldehydes is 1. The first kappa shape index (κ1) is 12.2. The van der Waals surface area contributed by atoms with E-state index >= 15 is 0 Å². The molecule has 0 bridgehead atoms. The molecule has 1 nitrogen and oxygen atoms in total. The van der Waals surface area contributed by atoms with Crippen LogP contribution < -0.4 is 0 Å². The van der Waals surface area contributed by atoms with E-state index in [1.807, 2.05) is 6.92 Å². The van der Waals surface area contributed by atoms with Crippen LogP contribution in [0.2, 0.25) is 0 Å². The van der Waals surface area contributed by atoms with Gasteiger partial charge in [0.15, 0.2) is 0 Å². The third kappa shape index (κ3) is 9.06. The number of rotatable bonds is 8. The highest BCUT2D eigenvalue weighted by Crippen LogP contribution is 2.08. The molecule has 0 atom stereocenters. The number of carbonyl (C=O) groups excluding carboxylic acids is 1. The fourth-order valence-electron chi connectivity index (χ4n) is 1.19. The molecular weight excluding hydrogens is 160 g/mol. The van der Waals surface area contributed by atoms with Crippen LogP contribution >= 0.6 is 0 Å². The molecule has 0 N–H and O–H groups in total. The Labute approximate surface area is 81.5 Å². The average Bonchev–Trinajstić information content (AvgIpc) is 2.16. The van der Waals surface area contributed by atoms with Gasteiger partial charge in [0.1, 0.15) is 6.29 Å². The maximum atomic E-state index is 10.2. The monoisotopic (exact) mass is 180 g/mol. The average molecular weight is 180 g/mol. The Bertz CT molecular complexity index is 168. The molecule has 0 aliphatic rings. The maximum Gasteiger partial charge on any atom is 0.145 e. The fourth-order valence-corrected chi connectivity index (χ4v) is 1.19. The van der Waals surface area contributed by atoms with Crippen LogP contribution in [0.4, 0.5) is 0 Å². The van der Waals surface area contributed by atoms with Crippen LogP contribution in [0.1, 0.15) is 45.4 Å². The van der Waals surface area contributed by atoms with Gasteiger partial charge in [0.2, 0.25) is 0 Å². The molecule has 0 aromatic carbocycles. The normalized spacial score (nSPS) is 10.5. The summed E-state index contributed by atoms with van der Waals surface area (Å²) in [4.78, 5) is 10.2. The van der Waals surface area contributed by atoms with Crippen molar-refractivity contribution in [3.05, 3.63) is 24.3 Å². The van der Waals surface area contributed by atoms with Crippen LogP contribution in [-0.4, -0.2) is 6.29 Å². The highest BCUT2D eigenvalue weighted by molar-refractivity contribution is 5.71. The predicted molar refractivity (Wildman–Crippen MR) is 57.7 cm³/mol. The van der Waals surface area contributed by atoms with Crippen molar-refractivity contribution in [1.82, 2.24) is 0 Å². The topological polar surface area (TPSA) is 17.1 Å². The second-order valence-corrected chi connectivity index (χ2v) is 3.30. The van der Waals surface area contributed by atoms with Crippen LogP contribution in [0, 0.1) is 0 Å². The summed E-state index contributed by atoms with van der Waals surface area (Å²) in [5.41, 5.74) is 0.730. The van der Waals surface area contributed by atoms with Crippen molar-refractivity contribution in [2.24, 2.45) is 0 Å². The molecule has 74 valence electrons. The Morgan fingerprint density at radius 2 is 1.92 bits per heavy atom. The summed E-state index contributed by atoms with van der Waals surface area (Å²) in [6.45, 7) is 5.69. The summed E-state index contributed by atoms with van der Waals surface area (Å²) in [6.07, 6.45) is 12.0. The van der Waals surface area contributed by atoms with E-state index in [1.54, 1.807) is 0 Å². The summed E-state index contributed by atoms with van der Waals surface area (Å²) in [5.74, 6) is 0. The molecule has 13 heavy (non-hydrogen) atoms. The molecule has 0 saturated carbocycles. The van der Waals surface area contributed by atoms with Gasteiger partial charge in [-0.15, -0.1) is 0 Å². The Balaban J connectivity index is 3.08. The van der Waals surface area contributed by atoms with Crippen molar-refractivity contribution in [3.63, 3.8) is 0 Å². The predicted octanol–water partition coefficient (Wildman–Crippen LogP) is 3.66. The van der Waals surface area contributed by atoms with Gasteiger partial charge in [-0.3, -0.25) is 4.79 Å². The molecule has 0 unspecified atom stereocenters. The van der Waals surface area contributed by atoms with Gasteiger partial charge in [0.25, 0.3) is 0 Å². The van der Waals surface area contributed by atoms with E-state index in [4.69, 9.17) is 0 Å². The first-order valence-electron chi connectivity index (χ1n) is 5.05. The van der Waals surface area contributed by atoms with Crippen LogP contribution in [0.3, 0.4) is 0 Å². The highest BCUT2D eigenvalue weighted by atomic mass is 16.1. The summed E-state index contributed by atoms with van der Waals surface area (Å²) in [6, 6.07) is 0. The van der Waals surface area contributed by atoms with Gasteiger partial charge < -0.3 is 0 Å². The number of hydrogen-bond donors (Lipinski definition) is 0. The van der Waals surface area contributed by atoms with Crippen LogP contribution in [0.15, 0.2) is 24.3 Å². The molecule has 0 radical (unpaired) electrons. The molecule has 0 aromatic rings. The lowest BCUT2D eigenvalue weighted by atomic mass is 10.1. The first-order valence-corrected chi connectivity index (χ1v) is 5.05. The SMILES string of the molecule is C=C(C=O)CCCCCCC=CC. The van der Waals surface area contributed by atoms with Crippen molar-refractivity contribution in [2.45, 2.75) is 45.4 Å².